The zero-order valence-electron chi connectivity index (χ0n) is 38.7. The summed E-state index contributed by atoms with van der Waals surface area (Å²) < 4.78 is 23.0. The van der Waals surface area contributed by atoms with Gasteiger partial charge in [0.25, 0.3) is 0 Å². The third-order valence-corrected chi connectivity index (χ3v) is 9.33. The van der Waals surface area contributed by atoms with Gasteiger partial charge in [-0.2, -0.15) is 0 Å². The second-order valence-corrected chi connectivity index (χ2v) is 14.9. The highest BCUT2D eigenvalue weighted by molar-refractivity contribution is 5.43. The van der Waals surface area contributed by atoms with Crippen LogP contribution in [0.2, 0.25) is 0 Å². The first-order chi connectivity index (χ1) is 29.0. The molecule has 16 nitrogen and oxygen atoms in total. The molecule has 0 aromatic heterocycles. The van der Waals surface area contributed by atoms with Crippen LogP contribution in [0, 0.1) is 41.5 Å². The molecule has 0 radical (unpaired) electrons. The third-order valence-electron chi connectivity index (χ3n) is 9.33. The van der Waals surface area contributed by atoms with Crippen molar-refractivity contribution in [3.63, 3.8) is 0 Å². The van der Waals surface area contributed by atoms with Crippen molar-refractivity contribution >= 4 is 0 Å². The molecule has 16 N–H and O–H groups in total. The Bertz CT molecular complexity index is 1140. The van der Waals surface area contributed by atoms with E-state index >= 15 is 0 Å². The van der Waals surface area contributed by atoms with Crippen LogP contribution in [0.4, 0.5) is 0 Å². The summed E-state index contributed by atoms with van der Waals surface area (Å²) in [6, 6.07) is 8.57. The van der Waals surface area contributed by atoms with Gasteiger partial charge in [-0.05, 0) is 63.8 Å². The van der Waals surface area contributed by atoms with Crippen molar-refractivity contribution in [2.75, 3.05) is 171 Å². The SMILES string of the molecule is Cc1cc(C)c(OCCOCCOc2c(C)cc(C)cc2C)c(C)c1.NCCN(CCN)CCN.NCCN(CCN)CCNCCOCCNCCN(CCN)CCN. The summed E-state index contributed by atoms with van der Waals surface area (Å²) in [5.74, 6) is 1.94. The normalized spacial score (nSPS) is 11.2. The molecule has 0 aliphatic heterocycles. The number of nitrogens with two attached hydrogens (primary N) is 7. The van der Waals surface area contributed by atoms with Gasteiger partial charge in [-0.15, -0.1) is 0 Å². The van der Waals surface area contributed by atoms with Gasteiger partial charge in [0, 0.05) is 131 Å². The lowest BCUT2D eigenvalue weighted by Crippen LogP contribution is -2.39. The van der Waals surface area contributed by atoms with Crippen LogP contribution in [0.1, 0.15) is 33.4 Å². The maximum atomic E-state index is 5.87. The molecule has 0 fully saturated rings. The average Bonchev–Trinajstić information content (AvgIpc) is 3.19. The smallest absolute Gasteiger partial charge is 0.125 e. The van der Waals surface area contributed by atoms with Crippen LogP contribution >= 0.6 is 0 Å². The van der Waals surface area contributed by atoms with E-state index < -0.39 is 0 Å². The second kappa shape index (κ2) is 39.3. The van der Waals surface area contributed by atoms with Crippen LogP contribution in [0.5, 0.6) is 11.5 Å². The Kier molecular flexibility index (Phi) is 37.7. The molecule has 0 heterocycles. The first-order valence-electron chi connectivity index (χ1n) is 22.1. The number of nitrogens with one attached hydrogen (secondary N) is 2. The molecule has 0 amide bonds. The molecule has 60 heavy (non-hydrogen) atoms. The summed E-state index contributed by atoms with van der Waals surface area (Å²) >= 11 is 0. The summed E-state index contributed by atoms with van der Waals surface area (Å²) in [6.07, 6.45) is 0. The summed E-state index contributed by atoms with van der Waals surface area (Å²) in [4.78, 5) is 6.72. The van der Waals surface area contributed by atoms with Crippen LogP contribution in [0.3, 0.4) is 0 Å². The molecule has 0 saturated carbocycles. The summed E-state index contributed by atoms with van der Waals surface area (Å²) in [7, 11) is 0. The van der Waals surface area contributed by atoms with Gasteiger partial charge in [0.2, 0.25) is 0 Å². The van der Waals surface area contributed by atoms with Crippen molar-refractivity contribution in [2.45, 2.75) is 41.5 Å². The minimum absolute atomic E-state index is 0.549. The lowest BCUT2D eigenvalue weighted by atomic mass is 10.1. The van der Waals surface area contributed by atoms with Gasteiger partial charge in [0.15, 0.2) is 0 Å². The highest BCUT2D eigenvalue weighted by Crippen LogP contribution is 2.25. The highest BCUT2D eigenvalue weighted by atomic mass is 16.5. The molecule has 0 saturated heterocycles. The molecule has 2 aromatic carbocycles. The number of ether oxygens (including phenoxy) is 4. The van der Waals surface area contributed by atoms with Gasteiger partial charge < -0.3 is 69.7 Å². The molecule has 350 valence electrons. The fourth-order valence-electron chi connectivity index (χ4n) is 6.70. The Morgan fingerprint density at radius 1 is 0.367 bits per heavy atom. The van der Waals surface area contributed by atoms with Gasteiger partial charge in [0.05, 0.1) is 26.4 Å². The van der Waals surface area contributed by atoms with Crippen molar-refractivity contribution in [3.8, 4) is 11.5 Å². The van der Waals surface area contributed by atoms with Crippen LogP contribution < -0.4 is 60.2 Å². The monoisotopic (exact) mass is 851 g/mol. The molecule has 0 spiro atoms. The van der Waals surface area contributed by atoms with Gasteiger partial charge in [-0.1, -0.05) is 35.4 Å². The van der Waals surface area contributed by atoms with E-state index in [4.69, 9.17) is 59.1 Å². The predicted molar refractivity (Wildman–Crippen MR) is 252 cm³/mol. The lowest BCUT2D eigenvalue weighted by Gasteiger charge is -2.21. The molecular weight excluding hydrogens is 761 g/mol. The average molecular weight is 851 g/mol. The number of benzene rings is 2. The summed E-state index contributed by atoms with van der Waals surface area (Å²) in [5.41, 5.74) is 45.6. The molecule has 0 atom stereocenters. The topological polar surface area (TPSA) is 253 Å². The van der Waals surface area contributed by atoms with Crippen molar-refractivity contribution in [1.82, 2.24) is 25.3 Å². The molecule has 2 aromatic rings. The van der Waals surface area contributed by atoms with Crippen LogP contribution in [0.25, 0.3) is 0 Å². The zero-order chi connectivity index (χ0) is 44.8. The van der Waals surface area contributed by atoms with E-state index in [1.165, 1.54) is 33.4 Å². The lowest BCUT2D eigenvalue weighted by molar-refractivity contribution is 0.0758. The third kappa shape index (κ3) is 29.7. The second-order valence-electron chi connectivity index (χ2n) is 14.9. The van der Waals surface area contributed by atoms with Crippen molar-refractivity contribution < 1.29 is 18.9 Å². The Balaban J connectivity index is 0.000000949. The number of rotatable bonds is 34. The molecule has 0 unspecified atom stereocenters. The zero-order valence-corrected chi connectivity index (χ0v) is 38.7. The number of hydrogen-bond donors (Lipinski definition) is 9. The fraction of sp³-hybridized carbons (Fsp3) is 0.727. The minimum atomic E-state index is 0.549. The molecule has 0 aliphatic carbocycles. The number of nitrogens with zero attached hydrogens (tertiary/aromatic N) is 3. The number of aryl methyl sites for hydroxylation is 6. The molecule has 16 heteroatoms. The van der Waals surface area contributed by atoms with E-state index in [1.54, 1.807) is 0 Å². The molecular formula is C44H90N12O4. The number of hydrogen-bond acceptors (Lipinski definition) is 16. The minimum Gasteiger partial charge on any atom is -0.491 e. The van der Waals surface area contributed by atoms with E-state index in [2.05, 4.69) is 91.1 Å². The van der Waals surface area contributed by atoms with E-state index in [1.807, 2.05) is 0 Å². The maximum absolute atomic E-state index is 5.87. The molecule has 0 bridgehead atoms. The van der Waals surface area contributed by atoms with Crippen LogP contribution in [0.15, 0.2) is 24.3 Å². The fourth-order valence-corrected chi connectivity index (χ4v) is 6.70. The van der Waals surface area contributed by atoms with Crippen molar-refractivity contribution in [3.05, 3.63) is 57.6 Å². The Morgan fingerprint density at radius 3 is 0.917 bits per heavy atom. The first-order valence-corrected chi connectivity index (χ1v) is 22.1. The highest BCUT2D eigenvalue weighted by Gasteiger charge is 2.07. The van der Waals surface area contributed by atoms with Crippen LogP contribution in [-0.2, 0) is 9.47 Å². The van der Waals surface area contributed by atoms with E-state index in [0.29, 0.717) is 72.2 Å². The summed E-state index contributed by atoms with van der Waals surface area (Å²) in [5, 5.41) is 6.76. The predicted octanol–water partition coefficient (Wildman–Crippen LogP) is -0.203. The standard InChI is InChI=1S/C22H30O3.C16H42N8O.C6H18N4/c1-15-11-17(3)21(18(4)12-15)24-9-7-23-8-10-25-22-19(5)13-16(2)14-20(22)6;17-1-9-23(10-2-18)13-5-21-7-15-25-16-8-22-6-14-24(11-3-19)12-4-20;7-1-4-10(5-2-8)6-3-9/h11-14H,7-10H2,1-6H3;21-22H,1-20H2;1-9H2. The van der Waals surface area contributed by atoms with E-state index in [-0.39, 0.29) is 0 Å². The molecule has 0 aliphatic rings. The van der Waals surface area contributed by atoms with Gasteiger partial charge in [-0.25, -0.2) is 0 Å². The Labute approximate surface area is 364 Å². The van der Waals surface area contributed by atoms with Gasteiger partial charge >= 0.3 is 0 Å². The molecule has 2 rings (SSSR count). The Hall–Kier alpha value is -2.52. The largest absolute Gasteiger partial charge is 0.491 e. The van der Waals surface area contributed by atoms with Gasteiger partial charge in [0.1, 0.15) is 24.7 Å². The van der Waals surface area contributed by atoms with Crippen molar-refractivity contribution in [1.29, 1.82) is 0 Å². The van der Waals surface area contributed by atoms with E-state index in [0.717, 1.165) is 110 Å². The quantitative estimate of drug-likeness (QED) is 0.0414. The van der Waals surface area contributed by atoms with Crippen LogP contribution in [-0.4, -0.2) is 185 Å². The van der Waals surface area contributed by atoms with Crippen molar-refractivity contribution in [2.24, 2.45) is 40.1 Å². The first kappa shape index (κ1) is 57.5. The summed E-state index contributed by atoms with van der Waals surface area (Å²) in [6.45, 7) is 32.7. The van der Waals surface area contributed by atoms with Gasteiger partial charge in [-0.3, -0.25) is 14.7 Å². The van der Waals surface area contributed by atoms with E-state index in [9.17, 15) is 0 Å². The maximum Gasteiger partial charge on any atom is 0.125 e. The Morgan fingerprint density at radius 2 is 0.633 bits per heavy atom.